The Labute approximate surface area is 80.0 Å². The molecule has 0 aromatic carbocycles. The molecule has 0 aliphatic carbocycles. The first kappa shape index (κ1) is 8.93. The molecule has 1 atom stereocenters. The van der Waals surface area contributed by atoms with Crippen LogP contribution in [0.25, 0.3) is 0 Å². The minimum atomic E-state index is -0.906. The minimum Gasteiger partial charge on any atom is -0.481 e. The first-order chi connectivity index (χ1) is 6.70. The Bertz CT molecular complexity index is 424. The van der Waals surface area contributed by atoms with Gasteiger partial charge in [-0.1, -0.05) is 0 Å². The number of aromatic nitrogens is 2. The number of fused-ring (bicyclic) bond motifs is 1. The molecule has 5 nitrogen and oxygen atoms in total. The highest BCUT2D eigenvalue weighted by molar-refractivity contribution is 5.75. The molecule has 14 heavy (non-hydrogen) atoms. The Hall–Kier alpha value is -1.65. The molecule has 1 aromatic rings. The van der Waals surface area contributed by atoms with Crippen LogP contribution >= 0.6 is 0 Å². The maximum absolute atomic E-state index is 11.4. The van der Waals surface area contributed by atoms with Crippen LogP contribution in [-0.4, -0.2) is 20.6 Å². The summed E-state index contributed by atoms with van der Waals surface area (Å²) < 4.78 is 1.45. The normalized spacial score (nSPS) is 20.1. The van der Waals surface area contributed by atoms with Gasteiger partial charge in [0.25, 0.3) is 5.56 Å². The molecule has 0 fully saturated rings. The molecule has 1 aliphatic rings. The number of rotatable bonds is 1. The molecule has 2 heterocycles. The van der Waals surface area contributed by atoms with Crippen LogP contribution in [0.1, 0.15) is 24.6 Å². The molecular weight excluding hydrogens is 184 g/mol. The summed E-state index contributed by atoms with van der Waals surface area (Å²) in [6.07, 6.45) is 2.65. The van der Waals surface area contributed by atoms with Crippen molar-refractivity contribution in [3.05, 3.63) is 28.4 Å². The van der Waals surface area contributed by atoms with Crippen molar-refractivity contribution in [2.45, 2.75) is 25.3 Å². The lowest BCUT2D eigenvalue weighted by Crippen LogP contribution is -2.32. The van der Waals surface area contributed by atoms with E-state index in [-0.39, 0.29) is 5.56 Å². The Morgan fingerprint density at radius 1 is 1.64 bits per heavy atom. The van der Waals surface area contributed by atoms with E-state index in [1.54, 1.807) is 0 Å². The highest BCUT2D eigenvalue weighted by Gasteiger charge is 2.27. The third-order valence-electron chi connectivity index (χ3n) is 2.45. The molecule has 74 valence electrons. The van der Waals surface area contributed by atoms with Crippen LogP contribution in [0.3, 0.4) is 0 Å². The van der Waals surface area contributed by atoms with Gasteiger partial charge in [0.15, 0.2) is 0 Å². The number of carboxylic acids is 1. The van der Waals surface area contributed by atoms with Crippen LogP contribution in [-0.2, 0) is 11.3 Å². The maximum Gasteiger partial charge on any atom is 0.314 e. The summed E-state index contributed by atoms with van der Waals surface area (Å²) in [5.74, 6) is -1.15. The Kier molecular flexibility index (Phi) is 2.07. The summed E-state index contributed by atoms with van der Waals surface area (Å²) in [5, 5.41) is 8.92. The molecule has 0 radical (unpaired) electrons. The number of hydrogen-bond acceptors (Lipinski definition) is 3. The topological polar surface area (TPSA) is 72.2 Å². The average molecular weight is 194 g/mol. The minimum absolute atomic E-state index is 0.166. The predicted octanol–water partition coefficient (Wildman–Crippen LogP) is 0.205. The molecule has 1 aromatic heterocycles. The zero-order valence-corrected chi connectivity index (χ0v) is 7.51. The van der Waals surface area contributed by atoms with Gasteiger partial charge >= 0.3 is 5.97 Å². The monoisotopic (exact) mass is 194 g/mol. The van der Waals surface area contributed by atoms with Crippen LogP contribution < -0.4 is 5.56 Å². The molecule has 0 spiro atoms. The van der Waals surface area contributed by atoms with E-state index in [0.29, 0.717) is 18.8 Å². The molecule has 2 rings (SSSR count). The van der Waals surface area contributed by atoms with Crippen molar-refractivity contribution in [3.63, 3.8) is 0 Å². The van der Waals surface area contributed by atoms with E-state index >= 15 is 0 Å². The number of carbonyl (C=O) groups is 1. The molecule has 5 heteroatoms. The van der Waals surface area contributed by atoms with Gasteiger partial charge in [-0.05, 0) is 12.8 Å². The maximum atomic E-state index is 11.4. The lowest BCUT2D eigenvalue weighted by molar-refractivity contribution is -0.139. The van der Waals surface area contributed by atoms with E-state index < -0.39 is 11.9 Å². The van der Waals surface area contributed by atoms with Crippen LogP contribution in [0.2, 0.25) is 0 Å². The SMILES string of the molecule is O=C(O)C1CCCn2c1nccc2=O. The smallest absolute Gasteiger partial charge is 0.314 e. The van der Waals surface area contributed by atoms with Gasteiger partial charge in [-0.15, -0.1) is 0 Å². The summed E-state index contributed by atoms with van der Waals surface area (Å²) in [4.78, 5) is 26.2. The van der Waals surface area contributed by atoms with E-state index in [0.717, 1.165) is 6.42 Å². The summed E-state index contributed by atoms with van der Waals surface area (Å²) in [5.41, 5.74) is -0.166. The van der Waals surface area contributed by atoms with Crippen molar-refractivity contribution >= 4 is 5.97 Å². The van der Waals surface area contributed by atoms with E-state index in [1.807, 2.05) is 0 Å². The fourth-order valence-corrected chi connectivity index (χ4v) is 1.77. The fraction of sp³-hybridized carbons (Fsp3) is 0.444. The highest BCUT2D eigenvalue weighted by atomic mass is 16.4. The van der Waals surface area contributed by atoms with Crippen molar-refractivity contribution in [1.29, 1.82) is 0 Å². The highest BCUT2D eigenvalue weighted by Crippen LogP contribution is 2.23. The van der Waals surface area contributed by atoms with Crippen molar-refractivity contribution in [3.8, 4) is 0 Å². The molecule has 1 N–H and O–H groups in total. The number of carboxylic acid groups (broad SMARTS) is 1. The van der Waals surface area contributed by atoms with E-state index in [1.165, 1.54) is 16.8 Å². The second kappa shape index (κ2) is 3.25. The molecule has 1 unspecified atom stereocenters. The largest absolute Gasteiger partial charge is 0.481 e. The van der Waals surface area contributed by atoms with Gasteiger partial charge in [0.05, 0.1) is 0 Å². The van der Waals surface area contributed by atoms with Crippen LogP contribution in [0.5, 0.6) is 0 Å². The summed E-state index contributed by atoms with van der Waals surface area (Å²) in [6, 6.07) is 1.35. The van der Waals surface area contributed by atoms with Gasteiger partial charge in [0.2, 0.25) is 0 Å². The zero-order chi connectivity index (χ0) is 10.1. The van der Waals surface area contributed by atoms with E-state index in [2.05, 4.69) is 4.98 Å². The summed E-state index contributed by atoms with van der Waals surface area (Å²) in [6.45, 7) is 0.575. The molecule has 0 saturated carbocycles. The second-order valence-electron chi connectivity index (χ2n) is 3.33. The van der Waals surface area contributed by atoms with Gasteiger partial charge in [0, 0.05) is 18.8 Å². The van der Waals surface area contributed by atoms with Gasteiger partial charge in [-0.25, -0.2) is 4.98 Å². The van der Waals surface area contributed by atoms with Gasteiger partial charge in [0.1, 0.15) is 11.7 Å². The van der Waals surface area contributed by atoms with Crippen LogP contribution in [0.15, 0.2) is 17.1 Å². The van der Waals surface area contributed by atoms with E-state index in [9.17, 15) is 9.59 Å². The summed E-state index contributed by atoms with van der Waals surface area (Å²) >= 11 is 0. The lowest BCUT2D eigenvalue weighted by atomic mass is 9.99. The van der Waals surface area contributed by atoms with E-state index in [4.69, 9.17) is 5.11 Å². The second-order valence-corrected chi connectivity index (χ2v) is 3.33. The third kappa shape index (κ3) is 1.30. The van der Waals surface area contributed by atoms with Gasteiger partial charge in [-0.2, -0.15) is 0 Å². The van der Waals surface area contributed by atoms with Crippen LogP contribution in [0.4, 0.5) is 0 Å². The quantitative estimate of drug-likeness (QED) is 0.693. The fourth-order valence-electron chi connectivity index (χ4n) is 1.77. The Morgan fingerprint density at radius 3 is 3.14 bits per heavy atom. The van der Waals surface area contributed by atoms with Crippen molar-refractivity contribution < 1.29 is 9.90 Å². The molecule has 1 aliphatic heterocycles. The molecule has 0 amide bonds. The number of hydrogen-bond donors (Lipinski definition) is 1. The zero-order valence-electron chi connectivity index (χ0n) is 7.51. The Morgan fingerprint density at radius 2 is 2.43 bits per heavy atom. The van der Waals surface area contributed by atoms with Crippen molar-refractivity contribution in [2.75, 3.05) is 0 Å². The summed E-state index contributed by atoms with van der Waals surface area (Å²) in [7, 11) is 0. The Balaban J connectivity index is 2.55. The molecular formula is C9H10N2O3. The first-order valence-corrected chi connectivity index (χ1v) is 4.48. The number of nitrogens with zero attached hydrogens (tertiary/aromatic N) is 2. The standard InChI is InChI=1S/C9H10N2O3/c12-7-3-4-10-8-6(9(13)14)2-1-5-11(7)8/h3-4,6H,1-2,5H2,(H,13,14). The van der Waals surface area contributed by atoms with Crippen molar-refractivity contribution in [2.24, 2.45) is 0 Å². The predicted molar refractivity (Wildman–Crippen MR) is 48.1 cm³/mol. The molecule has 0 bridgehead atoms. The van der Waals surface area contributed by atoms with Crippen LogP contribution in [0, 0.1) is 0 Å². The van der Waals surface area contributed by atoms with Gasteiger partial charge < -0.3 is 5.11 Å². The number of aliphatic carboxylic acids is 1. The van der Waals surface area contributed by atoms with Gasteiger partial charge in [-0.3, -0.25) is 14.2 Å². The lowest BCUT2D eigenvalue weighted by Gasteiger charge is -2.21. The van der Waals surface area contributed by atoms with Crippen molar-refractivity contribution in [1.82, 2.24) is 9.55 Å². The first-order valence-electron chi connectivity index (χ1n) is 4.48. The average Bonchev–Trinajstić information content (AvgIpc) is 2.17. The molecule has 0 saturated heterocycles. The third-order valence-corrected chi connectivity index (χ3v) is 2.45.